The second kappa shape index (κ2) is 25.2. The smallest absolute Gasteiger partial charge is 0.158 e. The number of benzene rings is 6. The Bertz CT molecular complexity index is 2170. The van der Waals surface area contributed by atoms with Gasteiger partial charge < -0.3 is 52.4 Å². The largest absolute Gasteiger partial charge is 0.457 e. The van der Waals surface area contributed by atoms with Crippen molar-refractivity contribution in [3.05, 3.63) is 168 Å². The Morgan fingerprint density at radius 2 is 0.521 bits per heavy atom. The number of anilines is 6. The molecule has 372 valence electrons. The van der Waals surface area contributed by atoms with Crippen LogP contribution in [0, 0.1) is 0 Å². The van der Waals surface area contributed by atoms with E-state index in [0.29, 0.717) is 26.4 Å². The lowest BCUT2D eigenvalue weighted by Gasteiger charge is -2.27. The van der Waals surface area contributed by atoms with Gasteiger partial charge in [-0.2, -0.15) is 0 Å². The Morgan fingerprint density at radius 3 is 0.732 bits per heavy atom. The third-order valence-electron chi connectivity index (χ3n) is 13.5. The normalized spacial score (nSPS) is 20.6. The molecule has 0 spiro atoms. The van der Waals surface area contributed by atoms with Crippen LogP contribution in [0.4, 0.5) is 34.1 Å². The summed E-state index contributed by atoms with van der Waals surface area (Å²) in [7, 11) is 0. The van der Waals surface area contributed by atoms with E-state index < -0.39 is 0 Å². The van der Waals surface area contributed by atoms with E-state index in [-0.39, 0.29) is 25.2 Å². The summed E-state index contributed by atoms with van der Waals surface area (Å²) in [5.41, 5.74) is 10.5. The average Bonchev–Trinajstić information content (AvgIpc) is 3.44. The number of rotatable bonds is 20. The quantitative estimate of drug-likeness (QED) is 0.0733. The second-order valence-electron chi connectivity index (χ2n) is 18.9. The lowest BCUT2D eigenvalue weighted by atomic mass is 10.1. The van der Waals surface area contributed by atoms with E-state index >= 15 is 0 Å². The number of hydrogen-bond donors (Lipinski definition) is 0. The van der Waals surface area contributed by atoms with Gasteiger partial charge in [0.05, 0.1) is 26.4 Å². The third-order valence-corrected chi connectivity index (χ3v) is 13.5. The predicted octanol–water partition coefficient (Wildman–Crippen LogP) is 14.6. The first-order valence-electron chi connectivity index (χ1n) is 25.9. The number of hydrogen-bond acceptors (Lipinski definition) is 11. The van der Waals surface area contributed by atoms with Crippen LogP contribution < -0.4 is 14.5 Å². The van der Waals surface area contributed by atoms with E-state index in [0.717, 1.165) is 171 Å². The first-order chi connectivity index (χ1) is 35.1. The zero-order valence-corrected chi connectivity index (χ0v) is 40.9. The fourth-order valence-electron chi connectivity index (χ4n) is 9.45. The maximum atomic E-state index is 6.51. The highest BCUT2D eigenvalue weighted by Gasteiger charge is 2.20. The Kier molecular flexibility index (Phi) is 17.4. The Morgan fingerprint density at radius 1 is 0.296 bits per heavy atom. The van der Waals surface area contributed by atoms with Crippen LogP contribution >= 0.6 is 0 Å². The molecule has 0 bridgehead atoms. The van der Waals surface area contributed by atoms with Crippen LogP contribution in [0.1, 0.15) is 99.3 Å². The monoisotopic (exact) mass is 960 g/mol. The molecule has 0 radical (unpaired) electrons. The van der Waals surface area contributed by atoms with Crippen molar-refractivity contribution in [2.75, 3.05) is 36.2 Å². The molecule has 71 heavy (non-hydrogen) atoms. The SMILES string of the molecule is c1cc(N(c2ccc(COC3CCCCO3)cc2)c2ccc(Oc3ccc(N(c4ccc(COC5CCCCO5)cc4)c4ccc(COC5CCCCO5)cc4)cc3)cc2)ccc1COC1CCCCO1. The molecule has 6 aromatic rings. The molecule has 4 unspecified atom stereocenters. The van der Waals surface area contributed by atoms with E-state index in [2.05, 4.69) is 131 Å². The predicted molar refractivity (Wildman–Crippen MR) is 276 cm³/mol. The van der Waals surface area contributed by atoms with Crippen LogP contribution in [0.5, 0.6) is 11.5 Å². The molecule has 0 N–H and O–H groups in total. The molecular formula is C60H68N2O9. The van der Waals surface area contributed by atoms with Crippen LogP contribution in [0.25, 0.3) is 0 Å². The molecule has 10 rings (SSSR count). The second-order valence-corrected chi connectivity index (χ2v) is 18.9. The molecule has 0 saturated carbocycles. The van der Waals surface area contributed by atoms with Gasteiger partial charge >= 0.3 is 0 Å². The van der Waals surface area contributed by atoms with Crippen LogP contribution in [0.3, 0.4) is 0 Å². The van der Waals surface area contributed by atoms with Crippen LogP contribution in [-0.4, -0.2) is 51.6 Å². The fraction of sp³-hybridized carbons (Fsp3) is 0.400. The van der Waals surface area contributed by atoms with Gasteiger partial charge in [0.1, 0.15) is 11.5 Å². The summed E-state index contributed by atoms with van der Waals surface area (Å²) in [6.45, 7) is 5.09. The topological polar surface area (TPSA) is 89.6 Å². The first kappa shape index (κ1) is 49.0. The fourth-order valence-corrected chi connectivity index (χ4v) is 9.45. The maximum absolute atomic E-state index is 6.51. The van der Waals surface area contributed by atoms with E-state index in [1.165, 1.54) is 0 Å². The van der Waals surface area contributed by atoms with Crippen molar-refractivity contribution in [2.24, 2.45) is 0 Å². The molecule has 0 aromatic heterocycles. The molecule has 4 atom stereocenters. The minimum atomic E-state index is -0.132. The first-order valence-corrected chi connectivity index (χ1v) is 25.9. The summed E-state index contributed by atoms with van der Waals surface area (Å²) >= 11 is 0. The summed E-state index contributed by atoms with van der Waals surface area (Å²) < 4.78 is 54.2. The average molecular weight is 961 g/mol. The molecule has 4 heterocycles. The lowest BCUT2D eigenvalue weighted by Crippen LogP contribution is -2.22. The van der Waals surface area contributed by atoms with Crippen LogP contribution in [0.15, 0.2) is 146 Å². The molecular weight excluding hydrogens is 893 g/mol. The zero-order valence-electron chi connectivity index (χ0n) is 40.9. The molecule has 4 saturated heterocycles. The maximum Gasteiger partial charge on any atom is 0.158 e. The standard InChI is InChI=1S/C60H68N2O9/c1-5-37-63-57(9-1)67-41-45-13-21-49(22-14-45)61(50-23-15-46(16-24-50)42-68-58-10-2-6-38-64-58)53-29-33-55(34-30-53)71-56-35-31-54(32-36-56)62(51-25-17-47(18-26-51)43-69-59-11-3-7-39-65-59)52-27-19-48(20-28-52)44-70-60-12-4-8-40-66-60/h13-36,57-60H,1-12,37-44H2. The van der Waals surface area contributed by atoms with Crippen molar-refractivity contribution < 1.29 is 42.6 Å². The Labute approximate surface area is 419 Å². The van der Waals surface area contributed by atoms with E-state index in [9.17, 15) is 0 Å². The van der Waals surface area contributed by atoms with E-state index in [1.54, 1.807) is 0 Å². The summed E-state index contributed by atoms with van der Waals surface area (Å²) in [5, 5.41) is 0. The van der Waals surface area contributed by atoms with Gasteiger partial charge in [-0.05, 0) is 196 Å². The van der Waals surface area contributed by atoms with Gasteiger partial charge in [-0.15, -0.1) is 0 Å². The molecule has 4 aliphatic heterocycles. The van der Waals surface area contributed by atoms with Gasteiger partial charge in [0.25, 0.3) is 0 Å². The molecule has 4 fully saturated rings. The molecule has 0 aliphatic carbocycles. The highest BCUT2D eigenvalue weighted by Crippen LogP contribution is 2.39. The Balaban J connectivity index is 0.841. The van der Waals surface area contributed by atoms with Crippen molar-refractivity contribution in [1.82, 2.24) is 0 Å². The van der Waals surface area contributed by atoms with E-state index in [4.69, 9.17) is 42.6 Å². The molecule has 6 aromatic carbocycles. The highest BCUT2D eigenvalue weighted by molar-refractivity contribution is 5.78. The number of ether oxygens (including phenoxy) is 9. The number of nitrogens with zero attached hydrogens (tertiary/aromatic N) is 2. The van der Waals surface area contributed by atoms with Crippen molar-refractivity contribution in [3.8, 4) is 11.5 Å². The van der Waals surface area contributed by atoms with Gasteiger partial charge in [-0.1, -0.05) is 48.5 Å². The summed E-state index contributed by atoms with van der Waals surface area (Å²) in [5.74, 6) is 1.47. The van der Waals surface area contributed by atoms with Crippen LogP contribution in [-0.2, 0) is 64.3 Å². The molecule has 0 amide bonds. The molecule has 4 aliphatic rings. The van der Waals surface area contributed by atoms with Crippen molar-refractivity contribution >= 4 is 34.1 Å². The third kappa shape index (κ3) is 13.9. The van der Waals surface area contributed by atoms with Gasteiger partial charge in [0, 0.05) is 60.6 Å². The van der Waals surface area contributed by atoms with Crippen molar-refractivity contribution in [2.45, 2.75) is 129 Å². The van der Waals surface area contributed by atoms with Gasteiger partial charge in [-0.3, -0.25) is 0 Å². The zero-order chi connectivity index (χ0) is 47.9. The molecule has 11 heteroatoms. The summed E-state index contributed by atoms with van der Waals surface area (Å²) in [6, 6.07) is 50.8. The van der Waals surface area contributed by atoms with Gasteiger partial charge in [-0.25, -0.2) is 0 Å². The Hall–Kier alpha value is -5.60. The highest BCUT2D eigenvalue weighted by atomic mass is 16.7. The van der Waals surface area contributed by atoms with Gasteiger partial charge in [0.2, 0.25) is 0 Å². The van der Waals surface area contributed by atoms with Crippen molar-refractivity contribution in [3.63, 3.8) is 0 Å². The minimum absolute atomic E-state index is 0.132. The summed E-state index contributed by atoms with van der Waals surface area (Å²) in [4.78, 5) is 4.51. The molecule has 11 nitrogen and oxygen atoms in total. The van der Waals surface area contributed by atoms with Crippen LogP contribution in [0.2, 0.25) is 0 Å². The van der Waals surface area contributed by atoms with Crippen molar-refractivity contribution in [1.29, 1.82) is 0 Å². The van der Waals surface area contributed by atoms with Gasteiger partial charge in [0.15, 0.2) is 25.2 Å². The lowest BCUT2D eigenvalue weighted by molar-refractivity contribution is -0.169. The van der Waals surface area contributed by atoms with E-state index in [1.807, 2.05) is 24.3 Å². The minimum Gasteiger partial charge on any atom is -0.457 e. The summed E-state index contributed by atoms with van der Waals surface area (Å²) in [6.07, 6.45) is 12.2.